The predicted molar refractivity (Wildman–Crippen MR) is 115 cm³/mol. The molecule has 0 unspecified atom stereocenters. The average molecular weight is 411 g/mol. The number of thiocarbonyl (C=S) groups is 1. The number of carbonyl (C=O) groups is 1. The molecule has 0 aromatic heterocycles. The number of nitrogens with one attached hydrogen (secondary N) is 1. The van der Waals surface area contributed by atoms with Gasteiger partial charge in [-0.05, 0) is 54.9 Å². The van der Waals surface area contributed by atoms with E-state index in [1.54, 1.807) is 17.0 Å². The van der Waals surface area contributed by atoms with E-state index in [0.29, 0.717) is 16.6 Å². The molecule has 1 N–H and O–H groups in total. The van der Waals surface area contributed by atoms with Crippen molar-refractivity contribution in [3.63, 3.8) is 0 Å². The number of halogens is 1. The number of para-hydroxylation sites is 1. The summed E-state index contributed by atoms with van der Waals surface area (Å²) in [6.45, 7) is 0.242. The molecule has 1 amide bonds. The molecule has 1 heterocycles. The minimum absolute atomic E-state index is 0.0816. The Hall–Kier alpha value is -2.73. The summed E-state index contributed by atoms with van der Waals surface area (Å²) < 4.78 is 19.3. The predicted octanol–water partition coefficient (Wildman–Crippen LogP) is 4.80. The molecule has 0 radical (unpaired) electrons. The Kier molecular flexibility index (Phi) is 5.90. The van der Waals surface area contributed by atoms with Gasteiger partial charge in [-0.3, -0.25) is 9.69 Å². The van der Waals surface area contributed by atoms with Crippen LogP contribution in [0.5, 0.6) is 5.75 Å². The van der Waals surface area contributed by atoms with Crippen molar-refractivity contribution in [1.82, 2.24) is 10.2 Å². The fourth-order valence-corrected chi connectivity index (χ4v) is 4.24. The highest BCUT2D eigenvalue weighted by atomic mass is 32.1. The van der Waals surface area contributed by atoms with Crippen molar-refractivity contribution in [3.8, 4) is 5.75 Å². The van der Waals surface area contributed by atoms with Crippen molar-refractivity contribution in [3.05, 3.63) is 71.2 Å². The summed E-state index contributed by atoms with van der Waals surface area (Å²) >= 11 is 5.44. The fraction of sp³-hybridized carbons (Fsp3) is 0.304. The first-order valence-corrected chi connectivity index (χ1v) is 10.3. The van der Waals surface area contributed by atoms with Crippen LogP contribution < -0.4 is 10.1 Å². The molecule has 1 aliphatic carbocycles. The molecule has 2 fully saturated rings. The van der Waals surface area contributed by atoms with Gasteiger partial charge in [0.1, 0.15) is 23.9 Å². The van der Waals surface area contributed by atoms with Gasteiger partial charge in [0.2, 0.25) is 0 Å². The Bertz CT molecular complexity index is 953. The number of hydrogen-bond acceptors (Lipinski definition) is 3. The normalized spacial score (nSPS) is 18.9. The highest BCUT2D eigenvalue weighted by Gasteiger charge is 2.36. The zero-order valence-corrected chi connectivity index (χ0v) is 16.9. The summed E-state index contributed by atoms with van der Waals surface area (Å²) in [6, 6.07) is 14.0. The molecule has 0 spiro atoms. The third kappa shape index (κ3) is 4.48. The molecule has 0 bridgehead atoms. The second kappa shape index (κ2) is 8.74. The zero-order chi connectivity index (χ0) is 20.2. The van der Waals surface area contributed by atoms with Crippen LogP contribution in [0.25, 0.3) is 6.08 Å². The minimum atomic E-state index is -0.293. The van der Waals surface area contributed by atoms with Gasteiger partial charge in [0.05, 0.1) is 0 Å². The van der Waals surface area contributed by atoms with E-state index >= 15 is 0 Å². The topological polar surface area (TPSA) is 41.6 Å². The number of rotatable bonds is 5. The van der Waals surface area contributed by atoms with E-state index in [2.05, 4.69) is 5.32 Å². The lowest BCUT2D eigenvalue weighted by Crippen LogP contribution is -2.41. The molecule has 4 rings (SSSR count). The first kappa shape index (κ1) is 19.6. The van der Waals surface area contributed by atoms with Gasteiger partial charge in [0.25, 0.3) is 5.91 Å². The van der Waals surface area contributed by atoms with Gasteiger partial charge < -0.3 is 10.1 Å². The van der Waals surface area contributed by atoms with Crippen LogP contribution in [0.4, 0.5) is 4.39 Å². The molecule has 2 aromatic rings. The van der Waals surface area contributed by atoms with Crippen molar-refractivity contribution in [1.29, 1.82) is 0 Å². The van der Waals surface area contributed by atoms with Crippen LogP contribution in [0.1, 0.15) is 43.2 Å². The van der Waals surface area contributed by atoms with E-state index in [1.165, 1.54) is 18.6 Å². The lowest BCUT2D eigenvalue weighted by Gasteiger charge is -2.29. The van der Waals surface area contributed by atoms with E-state index < -0.39 is 0 Å². The third-order valence-electron chi connectivity index (χ3n) is 5.35. The number of ether oxygens (including phenoxy) is 1. The molecule has 29 heavy (non-hydrogen) atoms. The van der Waals surface area contributed by atoms with E-state index in [1.807, 2.05) is 30.3 Å². The lowest BCUT2D eigenvalue weighted by molar-refractivity contribution is -0.124. The van der Waals surface area contributed by atoms with Crippen LogP contribution in [0.2, 0.25) is 0 Å². The van der Waals surface area contributed by atoms with Gasteiger partial charge in [-0.1, -0.05) is 49.6 Å². The number of benzene rings is 2. The van der Waals surface area contributed by atoms with Crippen LogP contribution in [-0.2, 0) is 11.4 Å². The summed E-state index contributed by atoms with van der Waals surface area (Å²) in [4.78, 5) is 14.7. The van der Waals surface area contributed by atoms with Gasteiger partial charge in [0.15, 0.2) is 5.11 Å². The van der Waals surface area contributed by atoms with Crippen molar-refractivity contribution in [2.45, 2.75) is 44.8 Å². The number of carbonyl (C=O) groups excluding carboxylic acids is 1. The third-order valence-corrected chi connectivity index (χ3v) is 5.65. The largest absolute Gasteiger partial charge is 0.488 e. The van der Waals surface area contributed by atoms with Crippen LogP contribution in [0.15, 0.2) is 54.2 Å². The Morgan fingerprint density at radius 2 is 1.93 bits per heavy atom. The first-order chi connectivity index (χ1) is 14.1. The molecule has 1 aliphatic heterocycles. The smallest absolute Gasteiger partial charge is 0.276 e. The number of amides is 1. The Labute approximate surface area is 175 Å². The first-order valence-electron chi connectivity index (χ1n) is 9.94. The van der Waals surface area contributed by atoms with Gasteiger partial charge in [-0.2, -0.15) is 0 Å². The SMILES string of the molecule is O=C1/C(=C\c2ccccc2OCc2cccc(F)c2)NC(=S)N1C1CCCCC1. The maximum Gasteiger partial charge on any atom is 0.276 e. The summed E-state index contributed by atoms with van der Waals surface area (Å²) in [5.41, 5.74) is 1.97. The van der Waals surface area contributed by atoms with Gasteiger partial charge >= 0.3 is 0 Å². The fourth-order valence-electron chi connectivity index (χ4n) is 3.89. The summed E-state index contributed by atoms with van der Waals surface area (Å²) in [7, 11) is 0. The Balaban J connectivity index is 1.52. The van der Waals surface area contributed by atoms with Gasteiger partial charge in [0, 0.05) is 11.6 Å². The zero-order valence-electron chi connectivity index (χ0n) is 16.1. The second-order valence-electron chi connectivity index (χ2n) is 7.41. The van der Waals surface area contributed by atoms with E-state index in [0.717, 1.165) is 36.8 Å². The average Bonchev–Trinajstić information content (AvgIpc) is 3.01. The van der Waals surface area contributed by atoms with Crippen LogP contribution in [0.3, 0.4) is 0 Å². The van der Waals surface area contributed by atoms with Crippen molar-refractivity contribution < 1.29 is 13.9 Å². The van der Waals surface area contributed by atoms with Crippen molar-refractivity contribution >= 4 is 29.3 Å². The summed E-state index contributed by atoms with van der Waals surface area (Å²) in [5.74, 6) is 0.251. The molecule has 4 nitrogen and oxygen atoms in total. The molecule has 6 heteroatoms. The van der Waals surface area contributed by atoms with Gasteiger partial charge in [-0.25, -0.2) is 4.39 Å². The molecule has 1 saturated carbocycles. The molecular formula is C23H23FN2O2S. The van der Waals surface area contributed by atoms with E-state index in [4.69, 9.17) is 17.0 Å². The van der Waals surface area contributed by atoms with Crippen LogP contribution in [0, 0.1) is 5.82 Å². The maximum atomic E-state index is 13.4. The summed E-state index contributed by atoms with van der Waals surface area (Å²) in [5, 5.41) is 3.55. The number of nitrogens with zero attached hydrogens (tertiary/aromatic N) is 1. The maximum absolute atomic E-state index is 13.4. The second-order valence-corrected chi connectivity index (χ2v) is 7.80. The quantitative estimate of drug-likeness (QED) is 0.568. The molecule has 0 atom stereocenters. The van der Waals surface area contributed by atoms with Crippen LogP contribution in [-0.4, -0.2) is 22.0 Å². The van der Waals surface area contributed by atoms with Crippen molar-refractivity contribution in [2.75, 3.05) is 0 Å². The molecular weight excluding hydrogens is 387 g/mol. The van der Waals surface area contributed by atoms with E-state index in [9.17, 15) is 9.18 Å². The van der Waals surface area contributed by atoms with Crippen molar-refractivity contribution in [2.24, 2.45) is 0 Å². The molecule has 150 valence electrons. The molecule has 2 aromatic carbocycles. The standard InChI is InChI=1S/C23H23FN2O2S/c24-18-9-6-7-16(13-18)15-28-21-12-5-4-8-17(21)14-20-22(27)26(23(29)25-20)19-10-2-1-3-11-19/h4-9,12-14,19H,1-3,10-11,15H2,(H,25,29)/b20-14+. The minimum Gasteiger partial charge on any atom is -0.488 e. The monoisotopic (exact) mass is 410 g/mol. The molecule has 2 aliphatic rings. The summed E-state index contributed by atoms with van der Waals surface area (Å²) in [6.07, 6.45) is 7.25. The highest BCUT2D eigenvalue weighted by Crippen LogP contribution is 2.28. The van der Waals surface area contributed by atoms with E-state index in [-0.39, 0.29) is 24.4 Å². The Morgan fingerprint density at radius 1 is 1.14 bits per heavy atom. The lowest BCUT2D eigenvalue weighted by atomic mass is 9.94. The molecule has 1 saturated heterocycles. The van der Waals surface area contributed by atoms with Crippen LogP contribution >= 0.6 is 12.2 Å². The van der Waals surface area contributed by atoms with Gasteiger partial charge in [-0.15, -0.1) is 0 Å². The number of hydrogen-bond donors (Lipinski definition) is 1. The Morgan fingerprint density at radius 3 is 2.72 bits per heavy atom. The highest BCUT2D eigenvalue weighted by molar-refractivity contribution is 7.80.